The molecule has 12 heavy (non-hydrogen) atoms. The van der Waals surface area contributed by atoms with Gasteiger partial charge in [-0.05, 0) is 31.7 Å². The van der Waals surface area contributed by atoms with Crippen LogP contribution in [0.5, 0.6) is 0 Å². The van der Waals surface area contributed by atoms with Crippen LogP contribution in [0.1, 0.15) is 52.4 Å². The van der Waals surface area contributed by atoms with Crippen LogP contribution in [-0.4, -0.2) is 12.6 Å². The second kappa shape index (κ2) is 5.58. The fourth-order valence-corrected chi connectivity index (χ4v) is 2.28. The van der Waals surface area contributed by atoms with Gasteiger partial charge in [-0.2, -0.15) is 0 Å². The van der Waals surface area contributed by atoms with Gasteiger partial charge in [-0.3, -0.25) is 0 Å². The van der Waals surface area contributed by atoms with Gasteiger partial charge in [0.1, 0.15) is 0 Å². The highest BCUT2D eigenvalue weighted by Crippen LogP contribution is 2.24. The number of nitrogens with one attached hydrogen (secondary N) is 1. The Balaban J connectivity index is 2.20. The first-order valence-electron chi connectivity index (χ1n) is 5.61. The van der Waals surface area contributed by atoms with E-state index in [1.54, 1.807) is 0 Å². The van der Waals surface area contributed by atoms with E-state index >= 15 is 0 Å². The fourth-order valence-electron chi connectivity index (χ4n) is 2.28. The van der Waals surface area contributed by atoms with Gasteiger partial charge in [0, 0.05) is 6.04 Å². The average Bonchev–Trinajstić information content (AvgIpc) is 2.50. The van der Waals surface area contributed by atoms with Gasteiger partial charge < -0.3 is 5.32 Å². The lowest BCUT2D eigenvalue weighted by atomic mass is 9.92. The Morgan fingerprint density at radius 3 is 2.67 bits per heavy atom. The molecule has 0 aromatic carbocycles. The van der Waals surface area contributed by atoms with Crippen molar-refractivity contribution in [1.82, 2.24) is 5.32 Å². The molecule has 1 heterocycles. The SMILES string of the molecule is CCCCC1CCNC1CCC. The largest absolute Gasteiger partial charge is 0.314 e. The third-order valence-electron chi connectivity index (χ3n) is 3.02. The van der Waals surface area contributed by atoms with Gasteiger partial charge in [0.25, 0.3) is 0 Å². The Morgan fingerprint density at radius 2 is 2.00 bits per heavy atom. The average molecular weight is 169 g/mol. The van der Waals surface area contributed by atoms with Crippen LogP contribution in [0.3, 0.4) is 0 Å². The topological polar surface area (TPSA) is 12.0 Å². The summed E-state index contributed by atoms with van der Waals surface area (Å²) in [5, 5.41) is 3.62. The first kappa shape index (κ1) is 10.0. The van der Waals surface area contributed by atoms with Crippen molar-refractivity contribution in [3.05, 3.63) is 0 Å². The van der Waals surface area contributed by atoms with Crippen molar-refractivity contribution in [2.45, 2.75) is 58.4 Å². The Hall–Kier alpha value is -0.0400. The van der Waals surface area contributed by atoms with E-state index in [1.807, 2.05) is 0 Å². The van der Waals surface area contributed by atoms with Crippen molar-refractivity contribution in [3.63, 3.8) is 0 Å². The summed E-state index contributed by atoms with van der Waals surface area (Å²) in [5.74, 6) is 0.991. The van der Waals surface area contributed by atoms with E-state index in [2.05, 4.69) is 19.2 Å². The summed E-state index contributed by atoms with van der Waals surface area (Å²) in [6, 6.07) is 0.849. The molecule has 1 N–H and O–H groups in total. The summed E-state index contributed by atoms with van der Waals surface area (Å²) in [5.41, 5.74) is 0. The summed E-state index contributed by atoms with van der Waals surface area (Å²) >= 11 is 0. The maximum Gasteiger partial charge on any atom is 0.00956 e. The van der Waals surface area contributed by atoms with Crippen molar-refractivity contribution in [2.75, 3.05) is 6.54 Å². The van der Waals surface area contributed by atoms with Gasteiger partial charge >= 0.3 is 0 Å². The number of unbranched alkanes of at least 4 members (excludes halogenated alkanes) is 1. The highest BCUT2D eigenvalue weighted by molar-refractivity contribution is 4.82. The molecule has 1 aliphatic rings. The maximum atomic E-state index is 3.62. The minimum atomic E-state index is 0.849. The molecule has 0 aromatic heterocycles. The van der Waals surface area contributed by atoms with E-state index in [1.165, 1.54) is 45.1 Å². The van der Waals surface area contributed by atoms with Crippen LogP contribution in [0.2, 0.25) is 0 Å². The number of hydrogen-bond donors (Lipinski definition) is 1. The van der Waals surface area contributed by atoms with Crippen LogP contribution >= 0.6 is 0 Å². The molecular formula is C11H23N. The van der Waals surface area contributed by atoms with E-state index in [-0.39, 0.29) is 0 Å². The highest BCUT2D eigenvalue weighted by atomic mass is 14.9. The van der Waals surface area contributed by atoms with E-state index in [9.17, 15) is 0 Å². The molecule has 0 amide bonds. The first-order valence-corrected chi connectivity index (χ1v) is 5.61. The summed E-state index contributed by atoms with van der Waals surface area (Å²) in [7, 11) is 0. The molecule has 1 saturated heterocycles. The third kappa shape index (κ3) is 2.78. The Bertz CT molecular complexity index is 112. The Labute approximate surface area is 76.9 Å². The minimum Gasteiger partial charge on any atom is -0.314 e. The minimum absolute atomic E-state index is 0.849. The summed E-state index contributed by atoms with van der Waals surface area (Å²) in [6.07, 6.45) is 8.37. The van der Waals surface area contributed by atoms with Crippen LogP contribution in [0.4, 0.5) is 0 Å². The van der Waals surface area contributed by atoms with E-state index in [0.29, 0.717) is 0 Å². The lowest BCUT2D eigenvalue weighted by Crippen LogP contribution is -2.26. The van der Waals surface area contributed by atoms with Crippen LogP contribution in [-0.2, 0) is 0 Å². The molecule has 1 nitrogen and oxygen atoms in total. The number of rotatable bonds is 5. The first-order chi connectivity index (χ1) is 5.88. The van der Waals surface area contributed by atoms with Crippen LogP contribution < -0.4 is 5.32 Å². The lowest BCUT2D eigenvalue weighted by molar-refractivity contribution is 0.386. The molecule has 1 rings (SSSR count). The van der Waals surface area contributed by atoms with Crippen molar-refractivity contribution in [1.29, 1.82) is 0 Å². The van der Waals surface area contributed by atoms with Crippen molar-refractivity contribution >= 4 is 0 Å². The molecular weight excluding hydrogens is 146 g/mol. The maximum absolute atomic E-state index is 3.62. The van der Waals surface area contributed by atoms with Crippen LogP contribution in [0.15, 0.2) is 0 Å². The zero-order valence-electron chi connectivity index (χ0n) is 8.60. The van der Waals surface area contributed by atoms with E-state index in [0.717, 1.165) is 12.0 Å². The Morgan fingerprint density at radius 1 is 1.17 bits per heavy atom. The van der Waals surface area contributed by atoms with Gasteiger partial charge in [-0.1, -0.05) is 33.1 Å². The molecule has 0 radical (unpaired) electrons. The standard InChI is InChI=1S/C11H23N/c1-3-5-7-10-8-9-12-11(10)6-4-2/h10-12H,3-9H2,1-2H3. The molecule has 0 aromatic rings. The zero-order valence-corrected chi connectivity index (χ0v) is 8.60. The summed E-state index contributed by atoms with van der Waals surface area (Å²) < 4.78 is 0. The fraction of sp³-hybridized carbons (Fsp3) is 1.00. The third-order valence-corrected chi connectivity index (χ3v) is 3.02. The predicted octanol–water partition coefficient (Wildman–Crippen LogP) is 2.95. The van der Waals surface area contributed by atoms with Crippen LogP contribution in [0, 0.1) is 5.92 Å². The molecule has 0 saturated carbocycles. The second-order valence-corrected chi connectivity index (χ2v) is 4.04. The molecule has 1 aliphatic heterocycles. The molecule has 0 spiro atoms. The van der Waals surface area contributed by atoms with Crippen molar-refractivity contribution in [3.8, 4) is 0 Å². The monoisotopic (exact) mass is 169 g/mol. The Kier molecular flexibility index (Phi) is 4.67. The number of hydrogen-bond acceptors (Lipinski definition) is 1. The molecule has 0 aliphatic carbocycles. The van der Waals surface area contributed by atoms with Gasteiger partial charge in [0.05, 0.1) is 0 Å². The van der Waals surface area contributed by atoms with Crippen LogP contribution in [0.25, 0.3) is 0 Å². The van der Waals surface area contributed by atoms with Gasteiger partial charge in [-0.15, -0.1) is 0 Å². The van der Waals surface area contributed by atoms with E-state index < -0.39 is 0 Å². The predicted molar refractivity (Wildman–Crippen MR) is 54.3 cm³/mol. The van der Waals surface area contributed by atoms with E-state index in [4.69, 9.17) is 0 Å². The molecule has 72 valence electrons. The molecule has 0 bridgehead atoms. The molecule has 1 fully saturated rings. The van der Waals surface area contributed by atoms with Gasteiger partial charge in [0.2, 0.25) is 0 Å². The van der Waals surface area contributed by atoms with Gasteiger partial charge in [-0.25, -0.2) is 0 Å². The lowest BCUT2D eigenvalue weighted by Gasteiger charge is -2.18. The second-order valence-electron chi connectivity index (χ2n) is 4.04. The molecule has 2 unspecified atom stereocenters. The van der Waals surface area contributed by atoms with Gasteiger partial charge in [0.15, 0.2) is 0 Å². The normalized spacial score (nSPS) is 29.5. The molecule has 2 atom stereocenters. The summed E-state index contributed by atoms with van der Waals surface area (Å²) in [6.45, 7) is 5.84. The highest BCUT2D eigenvalue weighted by Gasteiger charge is 2.24. The van der Waals surface area contributed by atoms with Crippen molar-refractivity contribution < 1.29 is 0 Å². The zero-order chi connectivity index (χ0) is 8.81. The van der Waals surface area contributed by atoms with Crippen molar-refractivity contribution in [2.24, 2.45) is 5.92 Å². The smallest absolute Gasteiger partial charge is 0.00956 e. The summed E-state index contributed by atoms with van der Waals surface area (Å²) in [4.78, 5) is 0. The molecule has 1 heteroatoms. The quantitative estimate of drug-likeness (QED) is 0.667.